The predicted molar refractivity (Wildman–Crippen MR) is 98.4 cm³/mol. The molecule has 0 spiro atoms. The molecule has 4 nitrogen and oxygen atoms in total. The number of rotatable bonds is 6. The molecule has 0 radical (unpaired) electrons. The molecule has 0 aliphatic carbocycles. The number of carbonyl (C=O) groups excluding carboxylic acids is 1. The SMILES string of the molecule is COc1ccc([C@@H]2CCCN2Cc2cc(C(C)=O)ccc2OC)cc1. The smallest absolute Gasteiger partial charge is 0.159 e. The molecule has 1 aliphatic heterocycles. The van der Waals surface area contributed by atoms with Gasteiger partial charge in [0.1, 0.15) is 11.5 Å². The first kappa shape index (κ1) is 17.5. The van der Waals surface area contributed by atoms with E-state index in [0.717, 1.165) is 42.1 Å². The van der Waals surface area contributed by atoms with Gasteiger partial charge in [0, 0.05) is 23.7 Å². The van der Waals surface area contributed by atoms with E-state index in [4.69, 9.17) is 9.47 Å². The second-order valence-corrected chi connectivity index (χ2v) is 6.48. The largest absolute Gasteiger partial charge is 0.497 e. The van der Waals surface area contributed by atoms with Crippen LogP contribution in [-0.4, -0.2) is 31.4 Å². The summed E-state index contributed by atoms with van der Waals surface area (Å²) in [6.07, 6.45) is 2.31. The van der Waals surface area contributed by atoms with Crippen molar-refractivity contribution in [3.63, 3.8) is 0 Å². The third kappa shape index (κ3) is 3.85. The number of ether oxygens (including phenoxy) is 2. The van der Waals surface area contributed by atoms with Gasteiger partial charge in [-0.15, -0.1) is 0 Å². The Morgan fingerprint density at radius 3 is 2.52 bits per heavy atom. The number of ketones is 1. The summed E-state index contributed by atoms with van der Waals surface area (Å²) >= 11 is 0. The zero-order valence-corrected chi connectivity index (χ0v) is 15.1. The monoisotopic (exact) mass is 339 g/mol. The van der Waals surface area contributed by atoms with Crippen molar-refractivity contribution < 1.29 is 14.3 Å². The molecule has 1 fully saturated rings. The van der Waals surface area contributed by atoms with Crippen molar-refractivity contribution >= 4 is 5.78 Å². The van der Waals surface area contributed by atoms with E-state index in [1.165, 1.54) is 12.0 Å². The average Bonchev–Trinajstić information content (AvgIpc) is 3.09. The quantitative estimate of drug-likeness (QED) is 0.738. The average molecular weight is 339 g/mol. The maximum atomic E-state index is 11.7. The number of hydrogen-bond donors (Lipinski definition) is 0. The van der Waals surface area contributed by atoms with Crippen molar-refractivity contribution in [1.82, 2.24) is 4.90 Å². The van der Waals surface area contributed by atoms with Gasteiger partial charge in [0.15, 0.2) is 5.78 Å². The highest BCUT2D eigenvalue weighted by Gasteiger charge is 2.27. The zero-order chi connectivity index (χ0) is 17.8. The van der Waals surface area contributed by atoms with Gasteiger partial charge in [-0.3, -0.25) is 9.69 Å². The summed E-state index contributed by atoms with van der Waals surface area (Å²) in [7, 11) is 3.36. The lowest BCUT2D eigenvalue weighted by molar-refractivity contribution is 0.101. The normalized spacial score (nSPS) is 17.5. The van der Waals surface area contributed by atoms with Crippen LogP contribution in [0.15, 0.2) is 42.5 Å². The van der Waals surface area contributed by atoms with E-state index in [0.29, 0.717) is 6.04 Å². The first-order valence-corrected chi connectivity index (χ1v) is 8.68. The van der Waals surface area contributed by atoms with Crippen LogP contribution in [0.1, 0.15) is 47.3 Å². The maximum Gasteiger partial charge on any atom is 0.159 e. The standard InChI is InChI=1S/C21H25NO3/c1-15(23)17-8-11-21(25-3)18(13-17)14-22-12-4-5-20(22)16-6-9-19(24-2)10-7-16/h6-11,13,20H,4-5,12,14H2,1-3H3/t20-/m0/s1. The van der Waals surface area contributed by atoms with Crippen LogP contribution in [0.3, 0.4) is 0 Å². The second-order valence-electron chi connectivity index (χ2n) is 6.48. The van der Waals surface area contributed by atoms with Crippen LogP contribution in [0.4, 0.5) is 0 Å². The van der Waals surface area contributed by atoms with Crippen LogP contribution in [0.25, 0.3) is 0 Å². The summed E-state index contributed by atoms with van der Waals surface area (Å²) in [6.45, 7) is 3.42. The van der Waals surface area contributed by atoms with Gasteiger partial charge >= 0.3 is 0 Å². The Balaban J connectivity index is 1.83. The lowest BCUT2D eigenvalue weighted by atomic mass is 10.0. The summed E-state index contributed by atoms with van der Waals surface area (Å²) in [5.74, 6) is 1.80. The summed E-state index contributed by atoms with van der Waals surface area (Å²) < 4.78 is 10.8. The minimum Gasteiger partial charge on any atom is -0.497 e. The molecule has 0 bridgehead atoms. The Kier molecular flexibility index (Phi) is 5.39. The van der Waals surface area contributed by atoms with E-state index in [-0.39, 0.29) is 5.78 Å². The molecule has 1 atom stereocenters. The van der Waals surface area contributed by atoms with Crippen molar-refractivity contribution in [3.05, 3.63) is 59.2 Å². The van der Waals surface area contributed by atoms with E-state index < -0.39 is 0 Å². The molecule has 1 heterocycles. The van der Waals surface area contributed by atoms with Gasteiger partial charge in [-0.1, -0.05) is 12.1 Å². The number of nitrogens with zero attached hydrogens (tertiary/aromatic N) is 1. The molecule has 3 rings (SSSR count). The number of Topliss-reactive ketones (excluding diaryl/α,β-unsaturated/α-hetero) is 1. The fourth-order valence-corrected chi connectivity index (χ4v) is 3.56. The Bertz CT molecular complexity index is 739. The molecule has 4 heteroatoms. The summed E-state index contributed by atoms with van der Waals surface area (Å²) in [4.78, 5) is 14.2. The van der Waals surface area contributed by atoms with Crippen molar-refractivity contribution in [3.8, 4) is 11.5 Å². The van der Waals surface area contributed by atoms with Crippen LogP contribution in [0.2, 0.25) is 0 Å². The molecular formula is C21H25NO3. The third-order valence-electron chi connectivity index (χ3n) is 4.92. The van der Waals surface area contributed by atoms with Gasteiger partial charge in [-0.05, 0) is 62.2 Å². The number of benzene rings is 2. The molecule has 132 valence electrons. The fraction of sp³-hybridized carbons (Fsp3) is 0.381. The van der Waals surface area contributed by atoms with Crippen LogP contribution in [-0.2, 0) is 6.54 Å². The van der Waals surface area contributed by atoms with E-state index in [1.54, 1.807) is 21.1 Å². The molecule has 1 aliphatic rings. The maximum absolute atomic E-state index is 11.7. The van der Waals surface area contributed by atoms with Crippen molar-refractivity contribution in [2.24, 2.45) is 0 Å². The van der Waals surface area contributed by atoms with Crippen LogP contribution < -0.4 is 9.47 Å². The van der Waals surface area contributed by atoms with Crippen molar-refractivity contribution in [1.29, 1.82) is 0 Å². The third-order valence-corrected chi connectivity index (χ3v) is 4.92. The van der Waals surface area contributed by atoms with Gasteiger partial charge in [-0.2, -0.15) is 0 Å². The Morgan fingerprint density at radius 2 is 1.88 bits per heavy atom. The molecule has 2 aromatic carbocycles. The lowest BCUT2D eigenvalue weighted by Crippen LogP contribution is -2.23. The number of hydrogen-bond acceptors (Lipinski definition) is 4. The molecule has 0 unspecified atom stereocenters. The highest BCUT2D eigenvalue weighted by molar-refractivity contribution is 5.94. The molecule has 0 amide bonds. The van der Waals surface area contributed by atoms with Gasteiger partial charge in [0.05, 0.1) is 14.2 Å². The van der Waals surface area contributed by atoms with Gasteiger partial charge in [0.2, 0.25) is 0 Å². The molecule has 0 N–H and O–H groups in total. The Labute approximate surface area is 149 Å². The van der Waals surface area contributed by atoms with Crippen LogP contribution in [0, 0.1) is 0 Å². The summed E-state index contributed by atoms with van der Waals surface area (Å²) in [5.41, 5.74) is 3.10. The number of carbonyl (C=O) groups is 1. The highest BCUT2D eigenvalue weighted by atomic mass is 16.5. The Hall–Kier alpha value is -2.33. The van der Waals surface area contributed by atoms with Gasteiger partial charge in [-0.25, -0.2) is 0 Å². The molecule has 0 saturated carbocycles. The highest BCUT2D eigenvalue weighted by Crippen LogP contribution is 2.35. The van der Waals surface area contributed by atoms with Crippen molar-refractivity contribution in [2.45, 2.75) is 32.4 Å². The Morgan fingerprint density at radius 1 is 1.12 bits per heavy atom. The first-order valence-electron chi connectivity index (χ1n) is 8.68. The van der Waals surface area contributed by atoms with E-state index in [9.17, 15) is 4.79 Å². The molecular weight excluding hydrogens is 314 g/mol. The van der Waals surface area contributed by atoms with Gasteiger partial charge in [0.25, 0.3) is 0 Å². The number of likely N-dealkylation sites (tertiary alicyclic amines) is 1. The lowest BCUT2D eigenvalue weighted by Gasteiger charge is -2.26. The zero-order valence-electron chi connectivity index (χ0n) is 15.1. The van der Waals surface area contributed by atoms with E-state index >= 15 is 0 Å². The molecule has 2 aromatic rings. The predicted octanol–water partition coefficient (Wildman–Crippen LogP) is 4.24. The van der Waals surface area contributed by atoms with E-state index in [2.05, 4.69) is 17.0 Å². The van der Waals surface area contributed by atoms with Gasteiger partial charge < -0.3 is 9.47 Å². The van der Waals surface area contributed by atoms with Crippen LogP contribution >= 0.6 is 0 Å². The minimum absolute atomic E-state index is 0.0806. The molecule has 25 heavy (non-hydrogen) atoms. The minimum atomic E-state index is 0.0806. The van der Waals surface area contributed by atoms with E-state index in [1.807, 2.05) is 30.3 Å². The summed E-state index contributed by atoms with van der Waals surface area (Å²) in [6, 6.07) is 14.4. The van der Waals surface area contributed by atoms with Crippen molar-refractivity contribution in [2.75, 3.05) is 20.8 Å². The number of methoxy groups -OCH3 is 2. The fourth-order valence-electron chi connectivity index (χ4n) is 3.56. The topological polar surface area (TPSA) is 38.8 Å². The first-order chi connectivity index (χ1) is 12.1. The second kappa shape index (κ2) is 7.70. The molecule has 0 aromatic heterocycles. The summed E-state index contributed by atoms with van der Waals surface area (Å²) in [5, 5.41) is 0. The molecule has 1 saturated heterocycles. The van der Waals surface area contributed by atoms with Crippen LogP contribution in [0.5, 0.6) is 11.5 Å².